The van der Waals surface area contributed by atoms with E-state index in [-0.39, 0.29) is 12.4 Å². The molecule has 0 spiro atoms. The third kappa shape index (κ3) is 2.55. The third-order valence-corrected chi connectivity index (χ3v) is 1.67. The quantitative estimate of drug-likeness (QED) is 0.770. The topological polar surface area (TPSA) is 37.3 Å². The fraction of sp³-hybridized carbons (Fsp3) is 0.222. The van der Waals surface area contributed by atoms with E-state index >= 15 is 0 Å². The summed E-state index contributed by atoms with van der Waals surface area (Å²) in [6.45, 7) is 1.68. The minimum Gasteiger partial charge on any atom is -0.481 e. The molecule has 0 saturated carbocycles. The van der Waals surface area contributed by atoms with Gasteiger partial charge in [0.05, 0.1) is 5.92 Å². The van der Waals surface area contributed by atoms with Gasteiger partial charge >= 0.3 is 5.97 Å². The maximum atomic E-state index is 10.5. The second-order valence-electron chi connectivity index (χ2n) is 2.47. The Labute approximate surface area is 77.6 Å². The minimum atomic E-state index is -0.781. The average Bonchev–Trinajstić information content (AvgIpc) is 2.05. The molecule has 0 fully saturated rings. The van der Waals surface area contributed by atoms with Crippen molar-refractivity contribution in [2.45, 2.75) is 12.8 Å². The van der Waals surface area contributed by atoms with Gasteiger partial charge in [-0.05, 0) is 12.5 Å². The van der Waals surface area contributed by atoms with Crippen LogP contribution in [0.25, 0.3) is 0 Å². The Balaban J connectivity index is 0.00000121. The van der Waals surface area contributed by atoms with Crippen molar-refractivity contribution in [3.8, 4) is 0 Å². The van der Waals surface area contributed by atoms with Crippen molar-refractivity contribution < 1.29 is 9.90 Å². The molecule has 1 atom stereocenters. The summed E-state index contributed by atoms with van der Waals surface area (Å²) in [6, 6.07) is 9.19. The number of hydrogen-bond acceptors (Lipinski definition) is 1. The Kier molecular flexibility index (Phi) is 4.37. The first-order valence-electron chi connectivity index (χ1n) is 3.49. The van der Waals surface area contributed by atoms with E-state index in [1.54, 1.807) is 6.92 Å². The molecular weight excluding hydrogens is 176 g/mol. The first-order chi connectivity index (χ1) is 5.22. The molecule has 1 rings (SSSR count). The lowest BCUT2D eigenvalue weighted by Gasteiger charge is -2.04. The van der Waals surface area contributed by atoms with E-state index in [9.17, 15) is 4.79 Å². The van der Waals surface area contributed by atoms with Gasteiger partial charge in [0.2, 0.25) is 0 Å². The van der Waals surface area contributed by atoms with Crippen LogP contribution < -0.4 is 0 Å². The van der Waals surface area contributed by atoms with Crippen molar-refractivity contribution in [1.29, 1.82) is 0 Å². The fourth-order valence-electron chi connectivity index (χ4n) is 0.884. The zero-order valence-electron chi connectivity index (χ0n) is 6.73. The molecule has 3 heteroatoms. The van der Waals surface area contributed by atoms with Crippen molar-refractivity contribution in [3.63, 3.8) is 0 Å². The lowest BCUT2D eigenvalue weighted by molar-refractivity contribution is -0.138. The summed E-state index contributed by atoms with van der Waals surface area (Å²) in [5.74, 6) is -1.19. The van der Waals surface area contributed by atoms with Crippen LogP contribution in [0.2, 0.25) is 0 Å². The second-order valence-corrected chi connectivity index (χ2v) is 2.47. The molecule has 0 aliphatic rings. The molecule has 0 radical (unpaired) electrons. The van der Waals surface area contributed by atoms with Crippen molar-refractivity contribution in [1.82, 2.24) is 0 Å². The van der Waals surface area contributed by atoms with Gasteiger partial charge in [0.25, 0.3) is 0 Å². The highest BCUT2D eigenvalue weighted by molar-refractivity contribution is 5.85. The third-order valence-electron chi connectivity index (χ3n) is 1.67. The number of carbonyl (C=O) groups is 1. The van der Waals surface area contributed by atoms with Crippen LogP contribution in [0.15, 0.2) is 30.3 Å². The Morgan fingerprint density at radius 2 is 1.83 bits per heavy atom. The van der Waals surface area contributed by atoms with E-state index < -0.39 is 11.9 Å². The van der Waals surface area contributed by atoms with Gasteiger partial charge in [-0.1, -0.05) is 30.3 Å². The molecule has 0 amide bonds. The van der Waals surface area contributed by atoms with Crippen molar-refractivity contribution in [2.75, 3.05) is 0 Å². The van der Waals surface area contributed by atoms with Gasteiger partial charge in [0.1, 0.15) is 0 Å². The number of aliphatic carboxylic acids is 1. The molecule has 12 heavy (non-hydrogen) atoms. The van der Waals surface area contributed by atoms with Crippen LogP contribution in [-0.2, 0) is 4.79 Å². The summed E-state index contributed by atoms with van der Waals surface area (Å²) in [6.07, 6.45) is 0. The van der Waals surface area contributed by atoms with E-state index in [2.05, 4.69) is 0 Å². The van der Waals surface area contributed by atoms with E-state index in [0.29, 0.717) is 0 Å². The van der Waals surface area contributed by atoms with E-state index in [1.807, 2.05) is 30.3 Å². The first kappa shape index (κ1) is 11.0. The summed E-state index contributed by atoms with van der Waals surface area (Å²) in [7, 11) is 0. The van der Waals surface area contributed by atoms with Crippen LogP contribution >= 0.6 is 12.4 Å². The highest BCUT2D eigenvalue weighted by Gasteiger charge is 2.11. The highest BCUT2D eigenvalue weighted by Crippen LogP contribution is 2.13. The monoisotopic (exact) mass is 186 g/mol. The molecule has 2 nitrogen and oxygen atoms in total. The molecule has 0 unspecified atom stereocenters. The minimum absolute atomic E-state index is 0. The number of carboxylic acids is 1. The maximum Gasteiger partial charge on any atom is 0.310 e. The number of benzene rings is 1. The highest BCUT2D eigenvalue weighted by atomic mass is 35.5. The summed E-state index contributed by atoms with van der Waals surface area (Å²) >= 11 is 0. The van der Waals surface area contributed by atoms with Gasteiger partial charge in [-0.15, -0.1) is 12.4 Å². The summed E-state index contributed by atoms with van der Waals surface area (Å²) < 4.78 is 0. The number of halogens is 1. The number of hydrogen-bond donors (Lipinski definition) is 1. The normalized spacial score (nSPS) is 11.4. The molecule has 1 aromatic carbocycles. The van der Waals surface area contributed by atoms with E-state index in [0.717, 1.165) is 5.56 Å². The van der Waals surface area contributed by atoms with Gasteiger partial charge in [-0.25, -0.2) is 0 Å². The SMILES string of the molecule is C[C@H](C(=O)O)c1ccccc1.Cl. The molecule has 0 aromatic heterocycles. The molecule has 0 saturated heterocycles. The van der Waals surface area contributed by atoms with Crippen molar-refractivity contribution in [3.05, 3.63) is 35.9 Å². The van der Waals surface area contributed by atoms with Crippen molar-refractivity contribution >= 4 is 18.4 Å². The Morgan fingerprint density at radius 1 is 1.33 bits per heavy atom. The predicted octanol–water partition coefficient (Wildman–Crippen LogP) is 2.30. The number of rotatable bonds is 2. The van der Waals surface area contributed by atoms with Gasteiger partial charge in [0.15, 0.2) is 0 Å². The van der Waals surface area contributed by atoms with E-state index in [1.165, 1.54) is 0 Å². The van der Waals surface area contributed by atoms with Crippen LogP contribution in [0.5, 0.6) is 0 Å². The molecule has 1 N–H and O–H groups in total. The van der Waals surface area contributed by atoms with Crippen LogP contribution in [0.3, 0.4) is 0 Å². The molecule has 0 aliphatic carbocycles. The predicted molar refractivity (Wildman–Crippen MR) is 49.7 cm³/mol. The largest absolute Gasteiger partial charge is 0.481 e. The molecular formula is C9H11ClO2. The van der Waals surface area contributed by atoms with Gasteiger partial charge in [-0.2, -0.15) is 0 Å². The smallest absolute Gasteiger partial charge is 0.310 e. The molecule has 0 bridgehead atoms. The van der Waals surface area contributed by atoms with Crippen LogP contribution in [-0.4, -0.2) is 11.1 Å². The molecule has 1 aromatic rings. The summed E-state index contributed by atoms with van der Waals surface area (Å²) in [5, 5.41) is 8.64. The Hall–Kier alpha value is -1.02. The zero-order valence-corrected chi connectivity index (χ0v) is 7.54. The zero-order chi connectivity index (χ0) is 8.27. The molecule has 66 valence electrons. The van der Waals surface area contributed by atoms with Crippen LogP contribution in [0, 0.1) is 0 Å². The van der Waals surface area contributed by atoms with Gasteiger partial charge in [-0.3, -0.25) is 4.79 Å². The Bertz CT molecular complexity index is 246. The molecule has 0 heterocycles. The summed E-state index contributed by atoms with van der Waals surface area (Å²) in [4.78, 5) is 10.5. The summed E-state index contributed by atoms with van der Waals surface area (Å²) in [5.41, 5.74) is 0.847. The standard InChI is InChI=1S/C9H10O2.ClH/c1-7(9(10)11)8-5-3-2-4-6-8;/h2-7H,1H3,(H,10,11);1H/t7-;/m0./s1. The van der Waals surface area contributed by atoms with Crippen LogP contribution in [0.4, 0.5) is 0 Å². The lowest BCUT2D eigenvalue weighted by Crippen LogP contribution is -2.06. The number of carboxylic acid groups (broad SMARTS) is 1. The second kappa shape index (κ2) is 4.78. The van der Waals surface area contributed by atoms with Gasteiger partial charge in [0, 0.05) is 0 Å². The maximum absolute atomic E-state index is 10.5. The van der Waals surface area contributed by atoms with Crippen molar-refractivity contribution in [2.24, 2.45) is 0 Å². The fourth-order valence-corrected chi connectivity index (χ4v) is 0.884. The van der Waals surface area contributed by atoms with Gasteiger partial charge < -0.3 is 5.11 Å². The Morgan fingerprint density at radius 3 is 2.25 bits per heavy atom. The first-order valence-corrected chi connectivity index (χ1v) is 3.49. The average molecular weight is 187 g/mol. The lowest BCUT2D eigenvalue weighted by atomic mass is 10.0. The van der Waals surface area contributed by atoms with Crippen LogP contribution in [0.1, 0.15) is 18.4 Å². The molecule has 0 aliphatic heterocycles. The van der Waals surface area contributed by atoms with E-state index in [4.69, 9.17) is 5.11 Å².